The molecule has 1 aromatic heterocycles. The first-order valence-electron chi connectivity index (χ1n) is 7.60. The van der Waals surface area contributed by atoms with E-state index in [2.05, 4.69) is 14.5 Å². The lowest BCUT2D eigenvalue weighted by atomic mass is 10.0. The van der Waals surface area contributed by atoms with Crippen LogP contribution in [-0.2, 0) is 10.0 Å². The van der Waals surface area contributed by atoms with E-state index in [0.29, 0.717) is 16.6 Å². The van der Waals surface area contributed by atoms with E-state index in [1.165, 1.54) is 5.01 Å². The van der Waals surface area contributed by atoms with Crippen LogP contribution in [0, 0.1) is 0 Å². The summed E-state index contributed by atoms with van der Waals surface area (Å²) in [5.41, 5.74) is 3.28. The number of fused-ring (bicyclic) bond motifs is 1. The van der Waals surface area contributed by atoms with Crippen molar-refractivity contribution in [3.05, 3.63) is 60.3 Å². The highest BCUT2D eigenvalue weighted by atomic mass is 35.5. The number of rotatable bonds is 2. The van der Waals surface area contributed by atoms with Gasteiger partial charge in [-0.1, -0.05) is 41.9 Å². The van der Waals surface area contributed by atoms with Gasteiger partial charge in [-0.05, 0) is 23.8 Å². The Kier molecular flexibility index (Phi) is 3.89. The molecule has 0 bridgehead atoms. The van der Waals surface area contributed by atoms with Gasteiger partial charge >= 0.3 is 0 Å². The largest absolute Gasteiger partial charge is 0.256 e. The van der Waals surface area contributed by atoms with Crippen LogP contribution in [0.1, 0.15) is 5.56 Å². The van der Waals surface area contributed by atoms with Crippen LogP contribution in [0.5, 0.6) is 0 Å². The number of allylic oxidation sites excluding steroid dienone is 1. The van der Waals surface area contributed by atoms with Gasteiger partial charge < -0.3 is 0 Å². The Hall–Kier alpha value is -2.51. The summed E-state index contributed by atoms with van der Waals surface area (Å²) in [6.45, 7) is 0.237. The molecule has 2 aliphatic heterocycles. The molecule has 2 aromatic rings. The lowest BCUT2D eigenvalue weighted by Crippen LogP contribution is -2.38. The molecule has 0 fully saturated rings. The zero-order valence-electron chi connectivity index (χ0n) is 13.0. The van der Waals surface area contributed by atoms with Crippen molar-refractivity contribution in [1.29, 1.82) is 0 Å². The molecular formula is C17H13ClN4O2S. The van der Waals surface area contributed by atoms with Crippen molar-refractivity contribution in [2.75, 3.05) is 12.3 Å². The first-order valence-corrected chi connectivity index (χ1v) is 9.59. The second-order valence-corrected chi connectivity index (χ2v) is 7.74. The summed E-state index contributed by atoms with van der Waals surface area (Å²) in [4.78, 5) is 4.32. The Morgan fingerprint density at radius 1 is 1.04 bits per heavy atom. The van der Waals surface area contributed by atoms with Gasteiger partial charge in [-0.25, -0.2) is 13.4 Å². The van der Waals surface area contributed by atoms with Crippen LogP contribution in [0.15, 0.2) is 64.2 Å². The molecule has 0 spiro atoms. The van der Waals surface area contributed by atoms with E-state index < -0.39 is 10.0 Å². The SMILES string of the molecule is O=S1(=O)CCN2N=C(Cl)C=C(c3ccc(-c4ccccn4)cc3)C2=N1. The number of hydrogen-bond acceptors (Lipinski definition) is 5. The summed E-state index contributed by atoms with van der Waals surface area (Å²) in [5, 5.41) is 5.97. The van der Waals surface area contributed by atoms with Gasteiger partial charge in [0.25, 0.3) is 10.0 Å². The summed E-state index contributed by atoms with van der Waals surface area (Å²) >= 11 is 6.10. The summed E-state index contributed by atoms with van der Waals surface area (Å²) in [6.07, 6.45) is 3.37. The maximum Gasteiger partial charge on any atom is 0.256 e. The van der Waals surface area contributed by atoms with Gasteiger partial charge in [0.05, 0.1) is 18.0 Å². The Morgan fingerprint density at radius 3 is 2.52 bits per heavy atom. The highest BCUT2D eigenvalue weighted by molar-refractivity contribution is 7.90. The number of nitrogens with zero attached hydrogens (tertiary/aromatic N) is 4. The van der Waals surface area contributed by atoms with Crippen LogP contribution in [0.3, 0.4) is 0 Å². The van der Waals surface area contributed by atoms with E-state index in [1.54, 1.807) is 12.3 Å². The summed E-state index contributed by atoms with van der Waals surface area (Å²) < 4.78 is 27.6. The molecule has 0 saturated heterocycles. The Bertz CT molecular complexity index is 1010. The molecule has 0 N–H and O–H groups in total. The van der Waals surface area contributed by atoms with Gasteiger partial charge in [-0.15, -0.1) is 4.40 Å². The molecule has 0 unspecified atom stereocenters. The molecule has 6 nitrogen and oxygen atoms in total. The molecule has 8 heteroatoms. The molecular weight excluding hydrogens is 360 g/mol. The highest BCUT2D eigenvalue weighted by Crippen LogP contribution is 2.28. The predicted octanol–water partition coefficient (Wildman–Crippen LogP) is 2.74. The van der Waals surface area contributed by atoms with Crippen molar-refractivity contribution >= 4 is 38.2 Å². The van der Waals surface area contributed by atoms with Gasteiger partial charge in [-0.3, -0.25) is 4.98 Å². The van der Waals surface area contributed by atoms with Crippen LogP contribution in [-0.4, -0.2) is 41.7 Å². The molecule has 4 rings (SSSR count). The molecule has 0 radical (unpaired) electrons. The number of hydrogen-bond donors (Lipinski definition) is 0. The van der Waals surface area contributed by atoms with Crippen LogP contribution in [0.25, 0.3) is 16.8 Å². The van der Waals surface area contributed by atoms with Crippen molar-refractivity contribution in [3.8, 4) is 11.3 Å². The lowest BCUT2D eigenvalue weighted by Gasteiger charge is -2.28. The third-order valence-electron chi connectivity index (χ3n) is 3.91. The van der Waals surface area contributed by atoms with Gasteiger partial charge in [0, 0.05) is 17.3 Å². The van der Waals surface area contributed by atoms with E-state index in [0.717, 1.165) is 16.8 Å². The van der Waals surface area contributed by atoms with Crippen LogP contribution in [0.2, 0.25) is 0 Å². The normalized spacial score (nSPS) is 18.8. The molecule has 0 aliphatic carbocycles. The topological polar surface area (TPSA) is 75.0 Å². The standard InChI is InChI=1S/C17H13ClN4O2S/c18-16-11-14(17-21-25(23,24)10-9-22(17)20-16)12-4-6-13(7-5-12)15-3-1-2-8-19-15/h1-8,11H,9-10H2. The summed E-state index contributed by atoms with van der Waals surface area (Å²) in [5.74, 6) is 0.233. The fraction of sp³-hybridized carbons (Fsp3) is 0.118. The van der Waals surface area contributed by atoms with Gasteiger partial charge in [-0.2, -0.15) is 5.10 Å². The molecule has 0 atom stereocenters. The molecule has 25 heavy (non-hydrogen) atoms. The average Bonchev–Trinajstić information content (AvgIpc) is 2.62. The summed E-state index contributed by atoms with van der Waals surface area (Å²) in [6, 6.07) is 13.4. The summed E-state index contributed by atoms with van der Waals surface area (Å²) in [7, 11) is -3.48. The molecule has 0 amide bonds. The minimum atomic E-state index is -3.48. The number of pyridine rings is 1. The maximum absolute atomic E-state index is 11.9. The predicted molar refractivity (Wildman–Crippen MR) is 98.9 cm³/mol. The zero-order valence-corrected chi connectivity index (χ0v) is 14.6. The third kappa shape index (κ3) is 3.20. The van der Waals surface area contributed by atoms with E-state index >= 15 is 0 Å². The fourth-order valence-corrected chi connectivity index (χ4v) is 3.86. The molecule has 3 heterocycles. The minimum Gasteiger partial charge on any atom is -0.256 e. The van der Waals surface area contributed by atoms with E-state index in [1.807, 2.05) is 42.5 Å². The zero-order chi connectivity index (χ0) is 17.4. The maximum atomic E-state index is 11.9. The van der Waals surface area contributed by atoms with Crippen LogP contribution in [0.4, 0.5) is 0 Å². The molecule has 126 valence electrons. The van der Waals surface area contributed by atoms with E-state index in [9.17, 15) is 8.42 Å². The Balaban J connectivity index is 1.75. The molecule has 0 saturated carbocycles. The highest BCUT2D eigenvalue weighted by Gasteiger charge is 2.30. The number of halogens is 1. The van der Waals surface area contributed by atoms with E-state index in [4.69, 9.17) is 11.6 Å². The number of sulfonamides is 1. The quantitative estimate of drug-likeness (QED) is 0.812. The van der Waals surface area contributed by atoms with Gasteiger partial charge in [0.2, 0.25) is 0 Å². The smallest absolute Gasteiger partial charge is 0.256 e. The van der Waals surface area contributed by atoms with Crippen LogP contribution < -0.4 is 0 Å². The molecule has 2 aliphatic rings. The second kappa shape index (κ2) is 6.09. The lowest BCUT2D eigenvalue weighted by molar-refractivity contribution is 0.463. The molecule has 1 aromatic carbocycles. The van der Waals surface area contributed by atoms with Gasteiger partial charge in [0.15, 0.2) is 5.84 Å². The van der Waals surface area contributed by atoms with Crippen molar-refractivity contribution in [2.24, 2.45) is 9.50 Å². The average molecular weight is 373 g/mol. The number of hydrazone groups is 1. The first kappa shape index (κ1) is 16.0. The van der Waals surface area contributed by atoms with Crippen molar-refractivity contribution < 1.29 is 8.42 Å². The van der Waals surface area contributed by atoms with Crippen LogP contribution >= 0.6 is 11.6 Å². The first-order chi connectivity index (χ1) is 12.0. The van der Waals surface area contributed by atoms with Gasteiger partial charge in [0.1, 0.15) is 5.17 Å². The second-order valence-electron chi connectivity index (χ2n) is 5.60. The minimum absolute atomic E-state index is 0.0733. The van der Waals surface area contributed by atoms with Crippen molar-refractivity contribution in [2.45, 2.75) is 0 Å². The fourth-order valence-electron chi connectivity index (χ4n) is 2.71. The van der Waals surface area contributed by atoms with Crippen molar-refractivity contribution in [3.63, 3.8) is 0 Å². The van der Waals surface area contributed by atoms with E-state index in [-0.39, 0.29) is 12.3 Å². The number of amidine groups is 1. The Labute approximate surface area is 150 Å². The third-order valence-corrected chi connectivity index (χ3v) is 5.24. The monoisotopic (exact) mass is 372 g/mol. The number of aromatic nitrogens is 1. The Morgan fingerprint density at radius 2 is 1.80 bits per heavy atom. The van der Waals surface area contributed by atoms with Crippen molar-refractivity contribution in [1.82, 2.24) is 9.99 Å². The number of benzene rings is 1.